The summed E-state index contributed by atoms with van der Waals surface area (Å²) in [5, 5.41) is 3.50. The molecule has 0 aliphatic heterocycles. The summed E-state index contributed by atoms with van der Waals surface area (Å²) in [6.45, 7) is 3.05. The van der Waals surface area contributed by atoms with Gasteiger partial charge in [-0.3, -0.25) is 4.79 Å². The number of allylic oxidation sites excluding steroid dienone is 1. The predicted molar refractivity (Wildman–Crippen MR) is 84.6 cm³/mol. The van der Waals surface area contributed by atoms with Gasteiger partial charge in [-0.2, -0.15) is 0 Å². The van der Waals surface area contributed by atoms with Crippen LogP contribution in [0.25, 0.3) is 0 Å². The Morgan fingerprint density at radius 1 is 1.35 bits per heavy atom. The number of carbonyl (C=O) groups is 1. The molecule has 1 aliphatic rings. The van der Waals surface area contributed by atoms with E-state index in [0.717, 1.165) is 19.4 Å². The molecule has 1 aliphatic carbocycles. The number of hydrogen-bond donors (Lipinski definition) is 2. The van der Waals surface area contributed by atoms with E-state index < -0.39 is 0 Å². The molecule has 0 saturated carbocycles. The Balaban J connectivity index is 1.86. The fraction of sp³-hybridized carbons (Fsp3) is 0.562. The molecule has 1 amide bonds. The molecule has 2 atom stereocenters. The minimum atomic E-state index is -0.193. The van der Waals surface area contributed by atoms with Crippen molar-refractivity contribution >= 4 is 17.2 Å². The largest absolute Gasteiger partial charge is 0.369 e. The predicted octanol–water partition coefficient (Wildman–Crippen LogP) is 3.00. The third-order valence-corrected chi connectivity index (χ3v) is 4.98. The monoisotopic (exact) mass is 292 g/mol. The van der Waals surface area contributed by atoms with Crippen molar-refractivity contribution in [3.05, 3.63) is 34.0 Å². The molecule has 1 heterocycles. The van der Waals surface area contributed by atoms with Gasteiger partial charge < -0.3 is 11.1 Å². The summed E-state index contributed by atoms with van der Waals surface area (Å²) in [4.78, 5) is 14.2. The van der Waals surface area contributed by atoms with Gasteiger partial charge in [-0.15, -0.1) is 11.3 Å². The topological polar surface area (TPSA) is 55.1 Å². The van der Waals surface area contributed by atoms with Crippen molar-refractivity contribution in [2.24, 2.45) is 11.7 Å². The molecule has 3 nitrogen and oxygen atoms in total. The van der Waals surface area contributed by atoms with E-state index in [0.29, 0.717) is 0 Å². The number of unbranched alkanes of at least 4 members (excludes halogenated alkanes) is 1. The quantitative estimate of drug-likeness (QED) is 0.759. The van der Waals surface area contributed by atoms with E-state index in [9.17, 15) is 4.79 Å². The lowest BCUT2D eigenvalue weighted by Gasteiger charge is -2.26. The highest BCUT2D eigenvalue weighted by Gasteiger charge is 2.26. The fourth-order valence-electron chi connectivity index (χ4n) is 2.59. The van der Waals surface area contributed by atoms with Crippen molar-refractivity contribution in [1.29, 1.82) is 0 Å². The van der Waals surface area contributed by atoms with Crippen molar-refractivity contribution < 1.29 is 4.79 Å². The second kappa shape index (κ2) is 7.60. The zero-order chi connectivity index (χ0) is 14.4. The Hall–Kier alpha value is -1.13. The SMILES string of the molecule is CCCCc1ccc(CN[C@@H]2CC=CC[C@H]2C(N)=O)s1. The maximum Gasteiger partial charge on any atom is 0.222 e. The van der Waals surface area contributed by atoms with Gasteiger partial charge in [0.2, 0.25) is 5.91 Å². The van der Waals surface area contributed by atoms with Crippen molar-refractivity contribution in [2.75, 3.05) is 0 Å². The van der Waals surface area contributed by atoms with Gasteiger partial charge in [-0.1, -0.05) is 25.5 Å². The van der Waals surface area contributed by atoms with Gasteiger partial charge in [0, 0.05) is 22.3 Å². The molecule has 0 radical (unpaired) electrons. The van der Waals surface area contributed by atoms with Crippen LogP contribution < -0.4 is 11.1 Å². The number of hydrogen-bond acceptors (Lipinski definition) is 3. The van der Waals surface area contributed by atoms with Gasteiger partial charge >= 0.3 is 0 Å². The highest BCUT2D eigenvalue weighted by atomic mass is 32.1. The molecule has 110 valence electrons. The molecule has 0 unspecified atom stereocenters. The molecule has 0 aromatic carbocycles. The van der Waals surface area contributed by atoms with Gasteiger partial charge in [0.1, 0.15) is 0 Å². The Bertz CT molecular complexity index is 467. The second-order valence-corrected chi connectivity index (χ2v) is 6.66. The Kier molecular flexibility index (Phi) is 5.80. The molecule has 0 spiro atoms. The summed E-state index contributed by atoms with van der Waals surface area (Å²) in [6.07, 6.45) is 9.52. The molecular weight excluding hydrogens is 268 g/mol. The van der Waals surface area contributed by atoms with Gasteiger partial charge in [0.25, 0.3) is 0 Å². The van der Waals surface area contributed by atoms with Crippen molar-refractivity contribution in [3.63, 3.8) is 0 Å². The van der Waals surface area contributed by atoms with E-state index in [1.807, 2.05) is 11.3 Å². The number of primary amides is 1. The van der Waals surface area contributed by atoms with Crippen LogP contribution in [0.1, 0.15) is 42.4 Å². The summed E-state index contributed by atoms with van der Waals surface area (Å²) in [5.41, 5.74) is 5.48. The van der Waals surface area contributed by atoms with Crippen LogP contribution >= 0.6 is 11.3 Å². The molecule has 20 heavy (non-hydrogen) atoms. The molecular formula is C16H24N2OS. The number of amides is 1. The molecule has 1 aromatic rings. The van der Waals surface area contributed by atoms with Gasteiger partial charge in [0.15, 0.2) is 0 Å². The summed E-state index contributed by atoms with van der Waals surface area (Å²) >= 11 is 1.87. The van der Waals surface area contributed by atoms with Crippen molar-refractivity contribution in [2.45, 2.75) is 51.6 Å². The van der Waals surface area contributed by atoms with Gasteiger partial charge in [-0.25, -0.2) is 0 Å². The molecule has 4 heteroatoms. The Morgan fingerprint density at radius 2 is 2.10 bits per heavy atom. The lowest BCUT2D eigenvalue weighted by Crippen LogP contribution is -2.43. The van der Waals surface area contributed by atoms with Crippen LogP contribution in [0, 0.1) is 5.92 Å². The molecule has 3 N–H and O–H groups in total. The maximum atomic E-state index is 11.4. The summed E-state index contributed by atoms with van der Waals surface area (Å²) < 4.78 is 0. The zero-order valence-electron chi connectivity index (χ0n) is 12.1. The molecule has 0 bridgehead atoms. The lowest BCUT2D eigenvalue weighted by molar-refractivity contribution is -0.122. The number of thiophene rings is 1. The first kappa shape index (κ1) is 15.3. The first-order valence-corrected chi connectivity index (χ1v) is 8.27. The van der Waals surface area contributed by atoms with Crippen molar-refractivity contribution in [1.82, 2.24) is 5.32 Å². The van der Waals surface area contributed by atoms with E-state index in [1.165, 1.54) is 29.0 Å². The van der Waals surface area contributed by atoms with Crippen LogP contribution in [0.3, 0.4) is 0 Å². The third-order valence-electron chi connectivity index (χ3n) is 3.83. The second-order valence-electron chi connectivity index (χ2n) is 5.41. The highest BCUT2D eigenvalue weighted by Crippen LogP contribution is 2.22. The molecule has 0 fully saturated rings. The van der Waals surface area contributed by atoms with Gasteiger partial charge in [0.05, 0.1) is 5.92 Å². The summed E-state index contributed by atoms with van der Waals surface area (Å²) in [7, 11) is 0. The summed E-state index contributed by atoms with van der Waals surface area (Å²) in [6, 6.07) is 4.60. The highest BCUT2D eigenvalue weighted by molar-refractivity contribution is 7.11. The van der Waals surface area contributed by atoms with Crippen LogP contribution in [-0.2, 0) is 17.8 Å². The summed E-state index contributed by atoms with van der Waals surface area (Å²) in [5.74, 6) is -0.263. The smallest absolute Gasteiger partial charge is 0.222 e. The fourth-order valence-corrected chi connectivity index (χ4v) is 3.60. The van der Waals surface area contributed by atoms with E-state index in [2.05, 4.69) is 36.5 Å². The lowest BCUT2D eigenvalue weighted by atomic mass is 9.88. The zero-order valence-corrected chi connectivity index (χ0v) is 12.9. The minimum Gasteiger partial charge on any atom is -0.369 e. The average molecular weight is 292 g/mol. The number of aryl methyl sites for hydroxylation is 1. The van der Waals surface area contributed by atoms with E-state index in [-0.39, 0.29) is 17.9 Å². The number of nitrogens with one attached hydrogen (secondary N) is 1. The number of nitrogens with two attached hydrogens (primary N) is 1. The molecule has 1 aromatic heterocycles. The third kappa shape index (κ3) is 4.18. The normalized spacial score (nSPS) is 22.1. The average Bonchev–Trinajstić information content (AvgIpc) is 2.91. The minimum absolute atomic E-state index is 0.0699. The first-order chi connectivity index (χ1) is 9.70. The van der Waals surface area contributed by atoms with E-state index in [4.69, 9.17) is 5.73 Å². The van der Waals surface area contributed by atoms with Gasteiger partial charge in [-0.05, 0) is 37.8 Å². The molecule has 0 saturated heterocycles. The van der Waals surface area contributed by atoms with Crippen LogP contribution in [-0.4, -0.2) is 11.9 Å². The molecule has 2 rings (SSSR count). The maximum absolute atomic E-state index is 11.4. The van der Waals surface area contributed by atoms with Crippen LogP contribution in [0.5, 0.6) is 0 Å². The van der Waals surface area contributed by atoms with E-state index in [1.54, 1.807) is 0 Å². The first-order valence-electron chi connectivity index (χ1n) is 7.46. The standard InChI is InChI=1S/C16H24N2OS/c1-2-3-6-12-9-10-13(20-12)11-18-15-8-5-4-7-14(15)16(17)19/h4-5,9-10,14-15,18H,2-3,6-8,11H2,1H3,(H2,17,19)/t14-,15-/m1/s1. The Morgan fingerprint density at radius 3 is 2.85 bits per heavy atom. The van der Waals surface area contributed by atoms with Crippen LogP contribution in [0.4, 0.5) is 0 Å². The van der Waals surface area contributed by atoms with Crippen LogP contribution in [0.15, 0.2) is 24.3 Å². The number of carbonyl (C=O) groups excluding carboxylic acids is 1. The Labute approximate surface area is 125 Å². The number of rotatable bonds is 7. The van der Waals surface area contributed by atoms with Crippen molar-refractivity contribution in [3.8, 4) is 0 Å². The van der Waals surface area contributed by atoms with Crippen LogP contribution in [0.2, 0.25) is 0 Å². The van der Waals surface area contributed by atoms with E-state index >= 15 is 0 Å².